The second-order valence-electron chi connectivity index (χ2n) is 16.7. The number of ether oxygens (including phenoxy) is 1. The molecule has 11 rings (SSSR count). The predicted octanol–water partition coefficient (Wildman–Crippen LogP) is 13.0. The number of allylic oxidation sites excluding steroid dienone is 2. The standard InChI is InChI=1S/C51H43N5O/c1-31-32(2)54(30-53(31)6)34-13-11-14-35(28-34)57-36-21-22-42-46(29-36)55(47-27-33(25-26-52-47)51(3,4)5)44-23-24-45-48(49(42)44)39-17-8-7-15-37(39)40-18-12-19-41-38-16-9-10-20-43(38)56(45)50(40)41/h7-29H,30H2,1-6H3. The van der Waals surface area contributed by atoms with Gasteiger partial charge in [0.2, 0.25) is 0 Å². The number of hydrogen-bond acceptors (Lipinski definition) is 4. The molecule has 0 fully saturated rings. The molecule has 0 saturated carbocycles. The highest BCUT2D eigenvalue weighted by Crippen LogP contribution is 2.51. The lowest BCUT2D eigenvalue weighted by molar-refractivity contribution is 0.459. The molecule has 278 valence electrons. The molecule has 2 aliphatic heterocycles. The van der Waals surface area contributed by atoms with Crippen molar-refractivity contribution in [3.63, 3.8) is 0 Å². The molecule has 0 saturated heterocycles. The van der Waals surface area contributed by atoms with E-state index in [0.29, 0.717) is 0 Å². The quantitative estimate of drug-likeness (QED) is 0.180. The van der Waals surface area contributed by atoms with Gasteiger partial charge < -0.3 is 19.1 Å². The molecular formula is C51H43N5O. The summed E-state index contributed by atoms with van der Waals surface area (Å²) in [6, 6.07) is 48.5. The van der Waals surface area contributed by atoms with Crippen molar-refractivity contribution in [1.29, 1.82) is 0 Å². The average molecular weight is 742 g/mol. The van der Waals surface area contributed by atoms with Crippen LogP contribution in [0.15, 0.2) is 151 Å². The van der Waals surface area contributed by atoms with Crippen molar-refractivity contribution in [2.45, 2.75) is 40.0 Å². The van der Waals surface area contributed by atoms with Gasteiger partial charge in [-0.05, 0) is 90.6 Å². The highest BCUT2D eigenvalue weighted by Gasteiger charge is 2.29. The Balaban J connectivity index is 1.18. The van der Waals surface area contributed by atoms with Gasteiger partial charge in [-0.1, -0.05) is 87.5 Å². The number of hydrogen-bond donors (Lipinski definition) is 0. The van der Waals surface area contributed by atoms with Crippen LogP contribution in [-0.2, 0) is 5.41 Å². The third-order valence-electron chi connectivity index (χ3n) is 12.4. The Bertz CT molecular complexity index is 3170. The van der Waals surface area contributed by atoms with Crippen molar-refractivity contribution in [3.05, 3.63) is 157 Å². The van der Waals surface area contributed by atoms with Crippen LogP contribution in [-0.4, -0.2) is 32.7 Å². The van der Waals surface area contributed by atoms with E-state index < -0.39 is 0 Å². The molecule has 2 aliphatic rings. The summed E-state index contributed by atoms with van der Waals surface area (Å²) in [4.78, 5) is 9.67. The summed E-state index contributed by atoms with van der Waals surface area (Å²) in [5.74, 6) is 2.46. The molecule has 0 N–H and O–H groups in total. The van der Waals surface area contributed by atoms with Crippen molar-refractivity contribution >= 4 is 49.3 Å². The fourth-order valence-electron chi connectivity index (χ4n) is 9.30. The Labute approximate surface area is 332 Å². The minimum Gasteiger partial charge on any atom is -0.457 e. The van der Waals surface area contributed by atoms with E-state index in [1.807, 2.05) is 12.3 Å². The van der Waals surface area contributed by atoms with Crippen molar-refractivity contribution in [2.75, 3.05) is 18.6 Å². The lowest BCUT2D eigenvalue weighted by Gasteiger charge is -2.21. The molecule has 6 aromatic carbocycles. The fourth-order valence-corrected chi connectivity index (χ4v) is 9.30. The van der Waals surface area contributed by atoms with Crippen LogP contribution in [0.2, 0.25) is 0 Å². The van der Waals surface area contributed by atoms with E-state index in [0.717, 1.165) is 46.1 Å². The normalized spacial score (nSPS) is 13.9. The third-order valence-corrected chi connectivity index (χ3v) is 12.4. The zero-order valence-corrected chi connectivity index (χ0v) is 33.1. The van der Waals surface area contributed by atoms with Gasteiger partial charge in [0.1, 0.15) is 17.3 Å². The molecule has 0 bridgehead atoms. The Hall–Kier alpha value is -6.79. The third kappa shape index (κ3) is 4.93. The first kappa shape index (κ1) is 33.5. The summed E-state index contributed by atoms with van der Waals surface area (Å²) >= 11 is 0. The second kappa shape index (κ2) is 12.1. The van der Waals surface area contributed by atoms with Gasteiger partial charge >= 0.3 is 0 Å². The van der Waals surface area contributed by atoms with E-state index in [1.54, 1.807) is 0 Å². The first-order chi connectivity index (χ1) is 27.7. The molecule has 0 aliphatic carbocycles. The van der Waals surface area contributed by atoms with Gasteiger partial charge in [0.25, 0.3) is 0 Å². The molecule has 3 aromatic heterocycles. The Morgan fingerprint density at radius 1 is 0.596 bits per heavy atom. The summed E-state index contributed by atoms with van der Waals surface area (Å²) < 4.78 is 11.6. The maximum absolute atomic E-state index is 6.75. The smallest absolute Gasteiger partial charge is 0.137 e. The molecule has 0 radical (unpaired) electrons. The monoisotopic (exact) mass is 741 g/mol. The maximum atomic E-state index is 6.75. The largest absolute Gasteiger partial charge is 0.457 e. The van der Waals surface area contributed by atoms with Crippen LogP contribution >= 0.6 is 0 Å². The minimum absolute atomic E-state index is 0.0470. The number of para-hydroxylation sites is 2. The molecule has 57 heavy (non-hydrogen) atoms. The van der Waals surface area contributed by atoms with E-state index in [9.17, 15) is 0 Å². The molecular weight excluding hydrogens is 699 g/mol. The van der Waals surface area contributed by atoms with Gasteiger partial charge in [-0.25, -0.2) is 4.98 Å². The van der Waals surface area contributed by atoms with Crippen LogP contribution in [0, 0.1) is 0 Å². The number of rotatable bonds is 4. The number of pyridine rings is 1. The van der Waals surface area contributed by atoms with Gasteiger partial charge in [-0.3, -0.25) is 4.57 Å². The van der Waals surface area contributed by atoms with Crippen molar-refractivity contribution in [3.8, 4) is 45.3 Å². The summed E-state index contributed by atoms with van der Waals surface area (Å²) in [6.07, 6.45) is 1.95. The van der Waals surface area contributed by atoms with E-state index in [-0.39, 0.29) is 5.41 Å². The van der Waals surface area contributed by atoms with Crippen LogP contribution < -0.4 is 9.64 Å². The van der Waals surface area contributed by atoms with Crippen LogP contribution in [0.1, 0.15) is 40.2 Å². The van der Waals surface area contributed by atoms with Gasteiger partial charge in [-0.2, -0.15) is 0 Å². The lowest BCUT2D eigenvalue weighted by atomic mass is 9.88. The molecule has 0 atom stereocenters. The van der Waals surface area contributed by atoms with Gasteiger partial charge in [0, 0.05) is 75.1 Å². The molecule has 5 heterocycles. The number of anilines is 1. The van der Waals surface area contributed by atoms with Gasteiger partial charge in [0.05, 0.1) is 34.4 Å². The average Bonchev–Trinajstić information content (AvgIpc) is 3.80. The highest BCUT2D eigenvalue weighted by atomic mass is 16.5. The first-order valence-corrected chi connectivity index (χ1v) is 19.8. The number of fused-ring (bicyclic) bond motifs is 12. The maximum Gasteiger partial charge on any atom is 0.137 e. The molecule has 6 heteroatoms. The van der Waals surface area contributed by atoms with Crippen LogP contribution in [0.4, 0.5) is 5.69 Å². The summed E-state index contributed by atoms with van der Waals surface area (Å²) in [5.41, 5.74) is 15.5. The molecule has 0 amide bonds. The SMILES string of the molecule is CC1=C(C)N(c2cccc(Oc3ccc4c5c6c(ccc5n(-c5cc(C(C)(C)C)ccn5)c4c3)-n3c4ccccc4c4cccc(c43)-c3ccccc3-6)c2)CN1C. The fraction of sp³-hybridized carbons (Fsp3) is 0.157. The Morgan fingerprint density at radius 3 is 2.18 bits per heavy atom. The zero-order chi connectivity index (χ0) is 38.7. The Morgan fingerprint density at radius 2 is 1.35 bits per heavy atom. The molecule has 6 nitrogen and oxygen atoms in total. The van der Waals surface area contributed by atoms with E-state index in [2.05, 4.69) is 188 Å². The highest BCUT2D eigenvalue weighted by molar-refractivity contribution is 6.22. The van der Waals surface area contributed by atoms with Gasteiger partial charge in [0.15, 0.2) is 0 Å². The lowest BCUT2D eigenvalue weighted by Crippen LogP contribution is -2.24. The summed E-state index contributed by atoms with van der Waals surface area (Å²) in [7, 11) is 2.14. The topological polar surface area (TPSA) is 38.5 Å². The van der Waals surface area contributed by atoms with Crippen LogP contribution in [0.3, 0.4) is 0 Å². The molecule has 0 spiro atoms. The second-order valence-corrected chi connectivity index (χ2v) is 16.7. The minimum atomic E-state index is -0.0470. The number of nitrogens with zero attached hydrogens (tertiary/aromatic N) is 5. The number of aromatic nitrogens is 3. The van der Waals surface area contributed by atoms with E-state index in [1.165, 1.54) is 72.1 Å². The summed E-state index contributed by atoms with van der Waals surface area (Å²) in [6.45, 7) is 11.9. The van der Waals surface area contributed by atoms with Crippen LogP contribution in [0.5, 0.6) is 11.5 Å². The predicted molar refractivity (Wildman–Crippen MR) is 236 cm³/mol. The van der Waals surface area contributed by atoms with E-state index >= 15 is 0 Å². The zero-order valence-electron chi connectivity index (χ0n) is 33.1. The molecule has 0 unspecified atom stereocenters. The summed E-state index contributed by atoms with van der Waals surface area (Å²) in [5, 5.41) is 4.87. The van der Waals surface area contributed by atoms with Crippen molar-refractivity contribution in [1.82, 2.24) is 19.0 Å². The van der Waals surface area contributed by atoms with Crippen LogP contribution in [0.25, 0.3) is 77.4 Å². The van der Waals surface area contributed by atoms with Crippen molar-refractivity contribution in [2.24, 2.45) is 0 Å². The molecule has 9 aromatic rings. The van der Waals surface area contributed by atoms with E-state index in [4.69, 9.17) is 9.72 Å². The Kier molecular flexibility index (Phi) is 7.12. The van der Waals surface area contributed by atoms with Crippen molar-refractivity contribution < 1.29 is 4.74 Å². The first-order valence-electron chi connectivity index (χ1n) is 19.8. The van der Waals surface area contributed by atoms with Gasteiger partial charge in [-0.15, -0.1) is 0 Å². The number of benzene rings is 6.